The van der Waals surface area contributed by atoms with Crippen molar-refractivity contribution in [3.05, 3.63) is 47.5 Å². The Balaban J connectivity index is 2.04. The van der Waals surface area contributed by atoms with E-state index in [0.29, 0.717) is 16.6 Å². The molecule has 6 nitrogen and oxygen atoms in total. The van der Waals surface area contributed by atoms with E-state index in [1.807, 2.05) is 30.3 Å². The van der Waals surface area contributed by atoms with Crippen LogP contribution < -0.4 is 10.1 Å². The van der Waals surface area contributed by atoms with Crippen LogP contribution in [0.15, 0.2) is 42.5 Å². The molecular formula is C17H18ClN3O3. The van der Waals surface area contributed by atoms with Gasteiger partial charge in [0.1, 0.15) is 5.75 Å². The van der Waals surface area contributed by atoms with Crippen LogP contribution in [-0.4, -0.2) is 39.8 Å². The van der Waals surface area contributed by atoms with Crippen molar-refractivity contribution < 1.29 is 14.9 Å². The van der Waals surface area contributed by atoms with Crippen LogP contribution in [-0.2, 0) is 6.54 Å². The third-order valence-electron chi connectivity index (χ3n) is 3.64. The molecule has 2 aromatic carbocycles. The maximum atomic E-state index is 9.73. The van der Waals surface area contributed by atoms with E-state index in [1.54, 1.807) is 23.9 Å². The van der Waals surface area contributed by atoms with Crippen molar-refractivity contribution in [3.63, 3.8) is 0 Å². The molecule has 0 amide bonds. The molecule has 3 aromatic rings. The maximum Gasteiger partial charge on any atom is 0.160 e. The Bertz CT molecular complexity index is 850. The molecule has 0 saturated heterocycles. The lowest BCUT2D eigenvalue weighted by atomic mass is 10.2. The normalized spacial score (nSPS) is 12.3. The van der Waals surface area contributed by atoms with Crippen LogP contribution in [0.4, 0.5) is 11.5 Å². The topological polar surface area (TPSA) is 79.5 Å². The minimum Gasteiger partial charge on any atom is -0.497 e. The summed E-state index contributed by atoms with van der Waals surface area (Å²) in [5.74, 6) is 1.33. The highest BCUT2D eigenvalue weighted by Gasteiger charge is 2.14. The van der Waals surface area contributed by atoms with Gasteiger partial charge in [-0.15, -0.1) is 0 Å². The van der Waals surface area contributed by atoms with Crippen LogP contribution in [0.2, 0.25) is 5.02 Å². The Morgan fingerprint density at radius 1 is 1.29 bits per heavy atom. The summed E-state index contributed by atoms with van der Waals surface area (Å²) in [5, 5.41) is 28.0. The summed E-state index contributed by atoms with van der Waals surface area (Å²) in [6, 6.07) is 12.9. The van der Waals surface area contributed by atoms with Crippen molar-refractivity contribution in [2.24, 2.45) is 0 Å². The van der Waals surface area contributed by atoms with Crippen LogP contribution in [0.5, 0.6) is 5.75 Å². The van der Waals surface area contributed by atoms with Gasteiger partial charge in [-0.3, -0.25) is 4.68 Å². The largest absolute Gasteiger partial charge is 0.497 e. The first-order valence-electron chi connectivity index (χ1n) is 7.47. The summed E-state index contributed by atoms with van der Waals surface area (Å²) < 4.78 is 6.94. The van der Waals surface area contributed by atoms with Crippen molar-refractivity contribution in [3.8, 4) is 5.75 Å². The van der Waals surface area contributed by atoms with Gasteiger partial charge in [0, 0.05) is 16.1 Å². The molecule has 3 N–H and O–H groups in total. The standard InChI is InChI=1S/C17H18ClN3O3/c1-24-14-5-6-16-15(8-14)17(20-21(16)9-13(23)10-22)19-12-4-2-3-11(18)7-12/h2-8,13,22-23H,9-10H2,1H3,(H,19,20). The first kappa shape index (κ1) is 16.6. The second-order valence-electron chi connectivity index (χ2n) is 5.39. The predicted molar refractivity (Wildman–Crippen MR) is 94.1 cm³/mol. The van der Waals surface area contributed by atoms with Crippen molar-refractivity contribution in [1.29, 1.82) is 0 Å². The SMILES string of the molecule is COc1ccc2c(c1)c(Nc1cccc(Cl)c1)nn2CC(O)CO. The summed E-state index contributed by atoms with van der Waals surface area (Å²) in [6.07, 6.45) is -0.880. The summed E-state index contributed by atoms with van der Waals surface area (Å²) in [5.41, 5.74) is 1.63. The Labute approximate surface area is 144 Å². The van der Waals surface area contributed by atoms with Gasteiger partial charge in [-0.1, -0.05) is 17.7 Å². The second-order valence-corrected chi connectivity index (χ2v) is 5.82. The van der Waals surface area contributed by atoms with Gasteiger partial charge in [0.05, 0.1) is 31.9 Å². The zero-order valence-electron chi connectivity index (χ0n) is 13.1. The molecule has 0 bridgehead atoms. The Morgan fingerprint density at radius 3 is 2.83 bits per heavy atom. The van der Waals surface area contributed by atoms with Crippen LogP contribution in [0.3, 0.4) is 0 Å². The molecule has 0 aliphatic heterocycles. The minimum absolute atomic E-state index is 0.191. The quantitative estimate of drug-likeness (QED) is 0.639. The third kappa shape index (κ3) is 3.46. The van der Waals surface area contributed by atoms with Gasteiger partial charge < -0.3 is 20.3 Å². The minimum atomic E-state index is -0.880. The number of benzene rings is 2. The Hall–Kier alpha value is -2.28. The molecule has 1 unspecified atom stereocenters. The smallest absolute Gasteiger partial charge is 0.160 e. The maximum absolute atomic E-state index is 9.73. The highest BCUT2D eigenvalue weighted by molar-refractivity contribution is 6.30. The fourth-order valence-corrected chi connectivity index (χ4v) is 2.67. The number of methoxy groups -OCH3 is 1. The number of nitrogens with one attached hydrogen (secondary N) is 1. The second kappa shape index (κ2) is 7.09. The molecule has 7 heteroatoms. The number of halogens is 1. The number of ether oxygens (including phenoxy) is 1. The van der Waals surface area contributed by atoms with Gasteiger partial charge in [0.25, 0.3) is 0 Å². The highest BCUT2D eigenvalue weighted by Crippen LogP contribution is 2.30. The molecule has 1 atom stereocenters. The van der Waals surface area contributed by atoms with Crippen molar-refractivity contribution in [2.45, 2.75) is 12.6 Å². The molecule has 0 saturated carbocycles. The van der Waals surface area contributed by atoms with Gasteiger partial charge in [-0.25, -0.2) is 0 Å². The van der Waals surface area contributed by atoms with E-state index in [-0.39, 0.29) is 13.2 Å². The number of hydrogen-bond acceptors (Lipinski definition) is 5. The zero-order valence-corrected chi connectivity index (χ0v) is 13.9. The first-order chi connectivity index (χ1) is 11.6. The van der Waals surface area contributed by atoms with E-state index in [1.165, 1.54) is 0 Å². The summed E-state index contributed by atoms with van der Waals surface area (Å²) in [4.78, 5) is 0. The molecule has 1 heterocycles. The lowest BCUT2D eigenvalue weighted by molar-refractivity contribution is 0.0794. The molecule has 0 spiro atoms. The average Bonchev–Trinajstić information content (AvgIpc) is 2.91. The van der Waals surface area contributed by atoms with Crippen LogP contribution in [0, 0.1) is 0 Å². The number of aliphatic hydroxyl groups is 2. The van der Waals surface area contributed by atoms with Crippen molar-refractivity contribution in [1.82, 2.24) is 9.78 Å². The lowest BCUT2D eigenvalue weighted by Crippen LogP contribution is -2.20. The number of anilines is 2. The van der Waals surface area contributed by atoms with Crippen molar-refractivity contribution in [2.75, 3.05) is 19.0 Å². The number of rotatable bonds is 6. The molecule has 126 valence electrons. The fourth-order valence-electron chi connectivity index (χ4n) is 2.48. The monoisotopic (exact) mass is 347 g/mol. The summed E-state index contributed by atoms with van der Waals surface area (Å²) >= 11 is 6.02. The number of fused-ring (bicyclic) bond motifs is 1. The Morgan fingerprint density at radius 2 is 2.12 bits per heavy atom. The first-order valence-corrected chi connectivity index (χ1v) is 7.84. The molecule has 3 rings (SSSR count). The number of aromatic nitrogens is 2. The molecule has 0 fully saturated rings. The van der Waals surface area contributed by atoms with Gasteiger partial charge in [-0.2, -0.15) is 5.10 Å². The molecule has 0 aliphatic carbocycles. The van der Waals surface area contributed by atoms with E-state index in [0.717, 1.165) is 16.6 Å². The van der Waals surface area contributed by atoms with E-state index in [2.05, 4.69) is 10.4 Å². The van der Waals surface area contributed by atoms with E-state index >= 15 is 0 Å². The number of hydrogen-bond donors (Lipinski definition) is 3. The fraction of sp³-hybridized carbons (Fsp3) is 0.235. The van der Waals surface area contributed by atoms with Gasteiger partial charge in [-0.05, 0) is 36.4 Å². The predicted octanol–water partition coefficient (Wildman–Crippen LogP) is 2.80. The van der Waals surface area contributed by atoms with E-state index in [4.69, 9.17) is 21.4 Å². The molecule has 24 heavy (non-hydrogen) atoms. The Kier molecular flexibility index (Phi) is 4.89. The highest BCUT2D eigenvalue weighted by atomic mass is 35.5. The molecule has 0 aliphatic rings. The summed E-state index contributed by atoms with van der Waals surface area (Å²) in [6.45, 7) is -0.134. The molecular weight excluding hydrogens is 330 g/mol. The zero-order chi connectivity index (χ0) is 17.1. The number of nitrogens with zero attached hydrogens (tertiary/aromatic N) is 2. The van der Waals surface area contributed by atoms with E-state index < -0.39 is 6.10 Å². The van der Waals surface area contributed by atoms with Gasteiger partial charge in [0.15, 0.2) is 5.82 Å². The van der Waals surface area contributed by atoms with Crippen molar-refractivity contribution >= 4 is 34.0 Å². The van der Waals surface area contributed by atoms with E-state index in [9.17, 15) is 5.11 Å². The van der Waals surface area contributed by atoms with Gasteiger partial charge >= 0.3 is 0 Å². The van der Waals surface area contributed by atoms with Crippen LogP contribution in [0.1, 0.15) is 0 Å². The number of aliphatic hydroxyl groups excluding tert-OH is 2. The van der Waals surface area contributed by atoms with Crippen LogP contribution in [0.25, 0.3) is 10.9 Å². The van der Waals surface area contributed by atoms with Crippen LogP contribution >= 0.6 is 11.6 Å². The average molecular weight is 348 g/mol. The molecule has 1 aromatic heterocycles. The molecule has 0 radical (unpaired) electrons. The third-order valence-corrected chi connectivity index (χ3v) is 3.87. The lowest BCUT2D eigenvalue weighted by Gasteiger charge is -2.08. The summed E-state index contributed by atoms with van der Waals surface area (Å²) in [7, 11) is 1.60. The van der Waals surface area contributed by atoms with Gasteiger partial charge in [0.2, 0.25) is 0 Å².